The molecule has 0 aromatic carbocycles. The van der Waals surface area contributed by atoms with Gasteiger partial charge in [-0.3, -0.25) is 24.3 Å². The van der Waals surface area contributed by atoms with E-state index in [0.717, 1.165) is 9.80 Å². The fourth-order valence-electron chi connectivity index (χ4n) is 2.78. The number of rotatable bonds is 7. The molecule has 2 aliphatic rings. The lowest BCUT2D eigenvalue weighted by molar-refractivity contribution is -0.150. The second-order valence-electron chi connectivity index (χ2n) is 5.96. The maximum Gasteiger partial charge on any atom is 0.352 e. The van der Waals surface area contributed by atoms with Crippen LogP contribution in [-0.2, 0) is 23.9 Å². The number of aromatic nitrogens is 1. The lowest BCUT2D eigenvalue weighted by Crippen LogP contribution is -2.70. The molecule has 3 rings (SSSR count). The van der Waals surface area contributed by atoms with Gasteiger partial charge in [0.1, 0.15) is 23.7 Å². The van der Waals surface area contributed by atoms with Gasteiger partial charge in [-0.15, -0.1) is 35.9 Å². The van der Waals surface area contributed by atoms with Gasteiger partial charge in [-0.25, -0.2) is 4.79 Å². The first-order valence-corrected chi connectivity index (χ1v) is 10.3. The SMILES string of the molecule is CC(=O)OCC1=C(C(=O)O)N2C(=O)[C@@H](NC(=O)CSc3ccncc3)[C@H]2SC1.Cl. The summed E-state index contributed by atoms with van der Waals surface area (Å²) >= 11 is 2.64. The minimum atomic E-state index is -1.26. The second-order valence-corrected chi connectivity index (χ2v) is 8.12. The average molecular weight is 460 g/mol. The van der Waals surface area contributed by atoms with E-state index >= 15 is 0 Å². The number of nitrogens with one attached hydrogen (secondary N) is 1. The molecule has 9 nitrogen and oxygen atoms in total. The van der Waals surface area contributed by atoms with Gasteiger partial charge in [-0.05, 0) is 12.1 Å². The maximum absolute atomic E-state index is 12.5. The van der Waals surface area contributed by atoms with Gasteiger partial charge >= 0.3 is 11.9 Å². The fraction of sp³-hybridized carbons (Fsp3) is 0.353. The summed E-state index contributed by atoms with van der Waals surface area (Å²) in [5.41, 5.74) is 0.182. The number of halogens is 1. The van der Waals surface area contributed by atoms with E-state index in [4.69, 9.17) is 4.74 Å². The number of thioether (sulfide) groups is 2. The summed E-state index contributed by atoms with van der Waals surface area (Å²) in [5.74, 6) is -2.18. The van der Waals surface area contributed by atoms with Crippen molar-refractivity contribution in [3.05, 3.63) is 35.8 Å². The number of amides is 2. The number of hydrogen-bond acceptors (Lipinski definition) is 8. The third kappa shape index (κ3) is 5.22. The minimum absolute atomic E-state index is 0. The van der Waals surface area contributed by atoms with Gasteiger partial charge in [-0.1, -0.05) is 0 Å². The Hall–Kier alpha value is -2.24. The number of ether oxygens (including phenoxy) is 1. The normalized spacial score (nSPS) is 20.2. The Labute approximate surface area is 181 Å². The summed E-state index contributed by atoms with van der Waals surface area (Å²) in [6, 6.07) is 2.78. The highest BCUT2D eigenvalue weighted by molar-refractivity contribution is 8.00. The average Bonchev–Trinajstić information content (AvgIpc) is 2.68. The Kier molecular flexibility index (Phi) is 7.94. The lowest BCUT2D eigenvalue weighted by atomic mass is 10.0. The zero-order valence-corrected chi connectivity index (χ0v) is 17.6. The predicted molar refractivity (Wildman–Crippen MR) is 109 cm³/mol. The first-order valence-electron chi connectivity index (χ1n) is 8.24. The van der Waals surface area contributed by atoms with Crippen molar-refractivity contribution in [3.8, 4) is 0 Å². The monoisotopic (exact) mass is 459 g/mol. The van der Waals surface area contributed by atoms with Crippen molar-refractivity contribution in [1.82, 2.24) is 15.2 Å². The highest BCUT2D eigenvalue weighted by atomic mass is 35.5. The Morgan fingerprint density at radius 1 is 1.38 bits per heavy atom. The van der Waals surface area contributed by atoms with E-state index in [1.54, 1.807) is 24.5 Å². The molecule has 2 amide bonds. The van der Waals surface area contributed by atoms with Crippen LogP contribution in [0.5, 0.6) is 0 Å². The number of β-lactam (4-membered cyclic amide) rings is 1. The first kappa shape index (κ1) is 23.0. The number of carboxylic acid groups (broad SMARTS) is 1. The second kappa shape index (κ2) is 9.99. The number of aliphatic carboxylic acids is 1. The van der Waals surface area contributed by atoms with Gasteiger partial charge in [0.25, 0.3) is 5.91 Å². The molecule has 2 N–H and O–H groups in total. The van der Waals surface area contributed by atoms with Gasteiger partial charge in [0.15, 0.2) is 0 Å². The van der Waals surface area contributed by atoms with Gasteiger partial charge in [0.2, 0.25) is 5.91 Å². The van der Waals surface area contributed by atoms with E-state index in [9.17, 15) is 24.3 Å². The number of fused-ring (bicyclic) bond motifs is 1. The van der Waals surface area contributed by atoms with E-state index < -0.39 is 29.3 Å². The van der Waals surface area contributed by atoms with Crippen molar-refractivity contribution in [2.24, 2.45) is 0 Å². The maximum atomic E-state index is 12.5. The van der Waals surface area contributed by atoms with Gasteiger partial charge in [-0.2, -0.15) is 0 Å². The minimum Gasteiger partial charge on any atom is -0.477 e. The quantitative estimate of drug-likeness (QED) is 0.347. The van der Waals surface area contributed by atoms with Gasteiger partial charge in [0, 0.05) is 35.5 Å². The highest BCUT2D eigenvalue weighted by Gasteiger charge is 2.54. The molecular formula is C17H18ClN3O6S2. The van der Waals surface area contributed by atoms with Crippen LogP contribution >= 0.6 is 35.9 Å². The summed E-state index contributed by atoms with van der Waals surface area (Å²) in [6.45, 7) is 1.05. The van der Waals surface area contributed by atoms with Crippen LogP contribution in [0.2, 0.25) is 0 Å². The van der Waals surface area contributed by atoms with E-state index in [0.29, 0.717) is 11.3 Å². The van der Waals surface area contributed by atoms with E-state index in [2.05, 4.69) is 10.3 Å². The molecule has 12 heteroatoms. The summed E-state index contributed by atoms with van der Waals surface area (Å²) in [4.78, 5) is 53.2. The number of carbonyl (C=O) groups is 4. The molecule has 1 saturated heterocycles. The number of pyridine rings is 1. The van der Waals surface area contributed by atoms with Crippen LogP contribution in [-0.4, -0.2) is 68.3 Å². The lowest BCUT2D eigenvalue weighted by Gasteiger charge is -2.49. The molecule has 0 spiro atoms. The summed E-state index contributed by atoms with van der Waals surface area (Å²) in [7, 11) is 0. The summed E-state index contributed by atoms with van der Waals surface area (Å²) < 4.78 is 4.88. The van der Waals surface area contributed by atoms with Gasteiger partial charge < -0.3 is 15.2 Å². The van der Waals surface area contributed by atoms with Crippen molar-refractivity contribution in [2.75, 3.05) is 18.1 Å². The molecular weight excluding hydrogens is 442 g/mol. The third-order valence-electron chi connectivity index (χ3n) is 4.04. The summed E-state index contributed by atoms with van der Waals surface area (Å²) in [6.07, 6.45) is 3.25. The Morgan fingerprint density at radius 3 is 2.69 bits per heavy atom. The molecule has 2 aliphatic heterocycles. The van der Waals surface area contributed by atoms with E-state index in [1.807, 2.05) is 0 Å². The molecule has 0 aliphatic carbocycles. The number of hydrogen-bond donors (Lipinski definition) is 2. The Bertz CT molecular complexity index is 851. The van der Waals surface area contributed by atoms with Crippen LogP contribution in [0.1, 0.15) is 6.92 Å². The molecule has 0 saturated carbocycles. The number of carbonyl (C=O) groups excluding carboxylic acids is 3. The number of nitrogens with zero attached hydrogens (tertiary/aromatic N) is 2. The highest BCUT2D eigenvalue weighted by Crippen LogP contribution is 2.40. The Morgan fingerprint density at radius 2 is 2.07 bits per heavy atom. The topological polar surface area (TPSA) is 126 Å². The van der Waals surface area contributed by atoms with Crippen LogP contribution in [0.3, 0.4) is 0 Å². The molecule has 1 fully saturated rings. The van der Waals surface area contributed by atoms with Crippen LogP contribution in [0.15, 0.2) is 40.7 Å². The molecule has 1 aromatic heterocycles. The number of carboxylic acids is 1. The van der Waals surface area contributed by atoms with Crippen LogP contribution in [0.4, 0.5) is 0 Å². The third-order valence-corrected chi connectivity index (χ3v) is 6.39. The van der Waals surface area contributed by atoms with Crippen molar-refractivity contribution in [2.45, 2.75) is 23.2 Å². The summed E-state index contributed by atoms with van der Waals surface area (Å²) in [5, 5.41) is 11.7. The van der Waals surface area contributed by atoms with Crippen molar-refractivity contribution >= 4 is 59.7 Å². The smallest absolute Gasteiger partial charge is 0.352 e. The molecule has 156 valence electrons. The molecule has 0 bridgehead atoms. The van der Waals surface area contributed by atoms with E-state index in [1.165, 1.54) is 30.4 Å². The van der Waals surface area contributed by atoms with E-state index in [-0.39, 0.29) is 36.4 Å². The molecule has 2 atom stereocenters. The van der Waals surface area contributed by atoms with Crippen LogP contribution in [0, 0.1) is 0 Å². The first-order chi connectivity index (χ1) is 13.4. The standard InChI is InChI=1S/C17H17N3O6S2.ClH/c1-9(21)26-6-10-7-28-16-13(15(23)20(16)14(10)17(24)25)19-12(22)8-27-11-2-4-18-5-3-11;/h2-5,13,16H,6-8H2,1H3,(H,19,22)(H,24,25);1H/t13-,16-;/m1./s1. The molecule has 1 aromatic rings. The number of esters is 1. The Balaban J connectivity index is 0.00000300. The molecule has 29 heavy (non-hydrogen) atoms. The van der Waals surface area contributed by atoms with Crippen molar-refractivity contribution < 1.29 is 29.0 Å². The van der Waals surface area contributed by atoms with Gasteiger partial charge in [0.05, 0.1) is 5.75 Å². The van der Waals surface area contributed by atoms with Crippen LogP contribution < -0.4 is 5.32 Å². The zero-order chi connectivity index (χ0) is 20.3. The zero-order valence-electron chi connectivity index (χ0n) is 15.2. The fourth-order valence-corrected chi connectivity index (χ4v) is 4.80. The van der Waals surface area contributed by atoms with Crippen LogP contribution in [0.25, 0.3) is 0 Å². The largest absolute Gasteiger partial charge is 0.477 e. The molecule has 0 radical (unpaired) electrons. The van der Waals surface area contributed by atoms with Crippen molar-refractivity contribution in [1.29, 1.82) is 0 Å². The molecule has 3 heterocycles. The van der Waals surface area contributed by atoms with Crippen molar-refractivity contribution in [3.63, 3.8) is 0 Å². The molecule has 0 unspecified atom stereocenters. The predicted octanol–water partition coefficient (Wildman–Crippen LogP) is 0.897.